The van der Waals surface area contributed by atoms with Gasteiger partial charge in [-0.3, -0.25) is 0 Å². The van der Waals surface area contributed by atoms with Gasteiger partial charge in [0.2, 0.25) is 0 Å². The smallest absolute Gasteiger partial charge is 0.0635 e. The summed E-state index contributed by atoms with van der Waals surface area (Å²) in [5.41, 5.74) is 10.7. The fourth-order valence-corrected chi connectivity index (χ4v) is 12.0. The number of nitrogens with zero attached hydrogens (tertiary/aromatic N) is 2. The molecule has 3 heteroatoms. The molecule has 11 rings (SSSR count). The van der Waals surface area contributed by atoms with E-state index in [9.17, 15) is 0 Å². The molecule has 5 atom stereocenters. The predicted octanol–water partition coefficient (Wildman–Crippen LogP) is 13.3. The highest BCUT2D eigenvalue weighted by Gasteiger charge is 2.57. The van der Waals surface area contributed by atoms with Gasteiger partial charge in [0.15, 0.2) is 0 Å². The number of aromatic nitrogens is 1. The normalized spacial score (nSPS) is 26.4. The molecule has 0 amide bonds. The lowest BCUT2D eigenvalue weighted by atomic mass is 9.69. The standard InChI is InChI=1S/C50H44N2S/c1-32-16-6-10-24-42(32)52-44-26-12-8-21-39(44)48-37(23-15-29-50(48,52)2)36-22-14-27-45-47(36)38-20-7-11-25-43(38)51(45)34-30-40(33-17-4-3-5-18-33)49-41(31-34)35-19-9-13-28-46(35)53-49/h4,6-11,13-15,17-25,27-32,39,44,48H,3,5,12,16,26H2,1-2H3. The number of hydrogen-bond acceptors (Lipinski definition) is 2. The van der Waals surface area contributed by atoms with Crippen LogP contribution in [0.1, 0.15) is 57.1 Å². The van der Waals surface area contributed by atoms with E-state index in [1.807, 2.05) is 11.3 Å². The van der Waals surface area contributed by atoms with Crippen LogP contribution in [0.25, 0.3) is 58.8 Å². The molecule has 0 saturated carbocycles. The van der Waals surface area contributed by atoms with Crippen LogP contribution in [0.2, 0.25) is 0 Å². The highest BCUT2D eigenvalue weighted by atomic mass is 32.1. The molecule has 6 aromatic rings. The average molecular weight is 705 g/mol. The largest absolute Gasteiger partial charge is 0.361 e. The first-order valence-corrected chi connectivity index (χ1v) is 20.5. The van der Waals surface area contributed by atoms with Crippen LogP contribution in [-0.2, 0) is 0 Å². The molecule has 0 bridgehead atoms. The molecule has 2 aromatic heterocycles. The van der Waals surface area contributed by atoms with Gasteiger partial charge in [-0.05, 0) is 98.1 Å². The first-order chi connectivity index (χ1) is 26.1. The van der Waals surface area contributed by atoms with E-state index in [0.717, 1.165) is 25.7 Å². The minimum absolute atomic E-state index is 0.110. The summed E-state index contributed by atoms with van der Waals surface area (Å²) in [6.45, 7) is 4.94. The summed E-state index contributed by atoms with van der Waals surface area (Å²) in [5, 5.41) is 5.37. The predicted molar refractivity (Wildman–Crippen MR) is 228 cm³/mol. The number of allylic oxidation sites excluding steroid dienone is 11. The SMILES string of the molecule is CC1CC=CC=C1N1C2CCC=CC2C2C(c3cccc4c3c3ccccc3n4-c3cc(C4=CCCC=C4)c4sc5ccccc5c4c3)=CC=CC21C. The Morgan fingerprint density at radius 2 is 1.64 bits per heavy atom. The fourth-order valence-electron chi connectivity index (χ4n) is 10.8. The van der Waals surface area contributed by atoms with Crippen LogP contribution in [0.15, 0.2) is 151 Å². The molecule has 4 aliphatic carbocycles. The number of likely N-dealkylation sites (tertiary alicyclic amines) is 1. The van der Waals surface area contributed by atoms with Crippen molar-refractivity contribution >= 4 is 64.5 Å². The van der Waals surface area contributed by atoms with Gasteiger partial charge < -0.3 is 9.47 Å². The third-order valence-electron chi connectivity index (χ3n) is 13.1. The van der Waals surface area contributed by atoms with Crippen molar-refractivity contribution in [3.63, 3.8) is 0 Å². The van der Waals surface area contributed by atoms with Gasteiger partial charge >= 0.3 is 0 Å². The molecule has 4 aromatic carbocycles. The van der Waals surface area contributed by atoms with Crippen molar-refractivity contribution in [3.8, 4) is 5.69 Å². The van der Waals surface area contributed by atoms with Gasteiger partial charge in [0.1, 0.15) is 0 Å². The molecule has 2 nitrogen and oxygen atoms in total. The summed E-state index contributed by atoms with van der Waals surface area (Å²) in [7, 11) is 0. The monoisotopic (exact) mass is 704 g/mol. The van der Waals surface area contributed by atoms with Gasteiger partial charge in [0.05, 0.1) is 16.6 Å². The number of para-hydroxylation sites is 1. The lowest BCUT2D eigenvalue weighted by Gasteiger charge is -2.46. The van der Waals surface area contributed by atoms with Crippen LogP contribution in [0, 0.1) is 17.8 Å². The quantitative estimate of drug-likeness (QED) is 0.166. The topological polar surface area (TPSA) is 8.17 Å². The first-order valence-electron chi connectivity index (χ1n) is 19.7. The molecular weight excluding hydrogens is 661 g/mol. The van der Waals surface area contributed by atoms with Crippen molar-refractivity contribution in [2.24, 2.45) is 17.8 Å². The average Bonchev–Trinajstić information content (AvgIpc) is 3.83. The van der Waals surface area contributed by atoms with Gasteiger partial charge in [-0.25, -0.2) is 0 Å². The number of hydrogen-bond donors (Lipinski definition) is 0. The van der Waals surface area contributed by atoms with E-state index in [-0.39, 0.29) is 5.54 Å². The van der Waals surface area contributed by atoms with Crippen molar-refractivity contribution < 1.29 is 0 Å². The Balaban J connectivity index is 1.15. The van der Waals surface area contributed by atoms with E-state index in [4.69, 9.17) is 0 Å². The Morgan fingerprint density at radius 3 is 2.53 bits per heavy atom. The molecular formula is C50H44N2S. The summed E-state index contributed by atoms with van der Waals surface area (Å²) >= 11 is 1.93. The fraction of sp³-hybridized carbons (Fsp3) is 0.240. The Kier molecular flexibility index (Phi) is 7.08. The van der Waals surface area contributed by atoms with E-state index >= 15 is 0 Å². The maximum absolute atomic E-state index is 2.86. The molecule has 1 aliphatic heterocycles. The van der Waals surface area contributed by atoms with E-state index < -0.39 is 0 Å². The zero-order valence-corrected chi connectivity index (χ0v) is 31.3. The van der Waals surface area contributed by atoms with Crippen LogP contribution in [-0.4, -0.2) is 21.0 Å². The zero-order chi connectivity index (χ0) is 35.3. The number of rotatable bonds is 4. The minimum Gasteiger partial charge on any atom is -0.361 e. The van der Waals surface area contributed by atoms with E-state index in [0.29, 0.717) is 23.8 Å². The van der Waals surface area contributed by atoms with Gasteiger partial charge in [-0.15, -0.1) is 11.3 Å². The molecule has 0 N–H and O–H groups in total. The third-order valence-corrected chi connectivity index (χ3v) is 14.3. The van der Waals surface area contributed by atoms with Crippen molar-refractivity contribution in [1.82, 2.24) is 9.47 Å². The van der Waals surface area contributed by atoms with Crippen LogP contribution < -0.4 is 0 Å². The Bertz CT molecular complexity index is 2720. The maximum Gasteiger partial charge on any atom is 0.0635 e. The molecule has 53 heavy (non-hydrogen) atoms. The van der Waals surface area contributed by atoms with Crippen LogP contribution in [0.5, 0.6) is 0 Å². The minimum atomic E-state index is -0.110. The van der Waals surface area contributed by atoms with E-state index in [2.05, 4.69) is 169 Å². The van der Waals surface area contributed by atoms with Crippen LogP contribution in [0.4, 0.5) is 0 Å². The second-order valence-corrected chi connectivity index (χ2v) is 17.1. The van der Waals surface area contributed by atoms with Crippen molar-refractivity contribution in [2.45, 2.75) is 57.5 Å². The Hall–Kier alpha value is -5.12. The molecule has 3 heterocycles. The molecule has 1 saturated heterocycles. The van der Waals surface area contributed by atoms with Crippen molar-refractivity contribution in [3.05, 3.63) is 163 Å². The summed E-state index contributed by atoms with van der Waals surface area (Å²) in [5.74, 6) is 1.33. The van der Waals surface area contributed by atoms with Crippen LogP contribution >= 0.6 is 11.3 Å². The Morgan fingerprint density at radius 1 is 0.774 bits per heavy atom. The summed E-state index contributed by atoms with van der Waals surface area (Å²) in [6.07, 6.45) is 32.2. The summed E-state index contributed by atoms with van der Waals surface area (Å²) < 4.78 is 5.29. The lowest BCUT2D eigenvalue weighted by molar-refractivity contribution is 0.162. The maximum atomic E-state index is 2.86. The zero-order valence-electron chi connectivity index (χ0n) is 30.5. The third kappa shape index (κ3) is 4.56. The van der Waals surface area contributed by atoms with Gasteiger partial charge in [-0.2, -0.15) is 0 Å². The summed E-state index contributed by atoms with van der Waals surface area (Å²) in [6, 6.07) is 30.6. The second-order valence-electron chi connectivity index (χ2n) is 16.0. The van der Waals surface area contributed by atoms with E-state index in [1.54, 1.807) is 0 Å². The summed E-state index contributed by atoms with van der Waals surface area (Å²) in [4.78, 5) is 2.86. The highest BCUT2D eigenvalue weighted by Crippen LogP contribution is 2.58. The van der Waals surface area contributed by atoms with E-state index in [1.165, 1.54) is 82.1 Å². The molecule has 1 fully saturated rings. The molecule has 0 radical (unpaired) electrons. The molecule has 5 aliphatic rings. The first kappa shape index (κ1) is 31.4. The van der Waals surface area contributed by atoms with Gasteiger partial charge in [-0.1, -0.05) is 116 Å². The molecule has 5 unspecified atom stereocenters. The van der Waals surface area contributed by atoms with Crippen molar-refractivity contribution in [1.29, 1.82) is 0 Å². The van der Waals surface area contributed by atoms with Gasteiger partial charge in [0, 0.05) is 65.8 Å². The van der Waals surface area contributed by atoms with Crippen LogP contribution in [0.3, 0.4) is 0 Å². The number of fused-ring (bicyclic) bond motifs is 9. The second kappa shape index (κ2) is 11.9. The number of benzene rings is 4. The highest BCUT2D eigenvalue weighted by molar-refractivity contribution is 7.26. The molecule has 0 spiro atoms. The molecule has 260 valence electrons. The van der Waals surface area contributed by atoms with Gasteiger partial charge in [0.25, 0.3) is 0 Å². The number of thiophene rings is 1. The lowest BCUT2D eigenvalue weighted by Crippen LogP contribution is -2.48. The van der Waals surface area contributed by atoms with Crippen molar-refractivity contribution in [2.75, 3.05) is 0 Å². The Labute approximate surface area is 316 Å².